The van der Waals surface area contributed by atoms with Gasteiger partial charge in [-0.1, -0.05) is 0 Å². The molecule has 0 fully saturated rings. The molecule has 0 aromatic heterocycles. The highest BCUT2D eigenvalue weighted by Gasteiger charge is 2.20. The summed E-state index contributed by atoms with van der Waals surface area (Å²) in [6.07, 6.45) is 10.6. The van der Waals surface area contributed by atoms with Crippen LogP contribution in [-0.4, -0.2) is 63.3 Å². The largest absolute Gasteiger partial charge is 0.314 e. The Morgan fingerprint density at radius 1 is 0.786 bits per heavy atom. The molecule has 0 radical (unpaired) electrons. The molecule has 0 heterocycles. The molecule has 0 rings (SSSR count). The van der Waals surface area contributed by atoms with Crippen molar-refractivity contribution in [1.29, 1.82) is 0 Å². The van der Waals surface area contributed by atoms with Crippen molar-refractivity contribution in [3.8, 4) is 24.7 Å². The van der Waals surface area contributed by atoms with Gasteiger partial charge in [0.25, 0.3) is 0 Å². The van der Waals surface area contributed by atoms with Crippen molar-refractivity contribution < 1.29 is 8.97 Å². The standard InChI is InChI=1S/C12H22N2/c1-7-9-13(3,4)11-12-14(5,6)10-8-2/h1-2H,9-12H2,3-6H3/q+2. The maximum atomic E-state index is 5.31. The summed E-state index contributed by atoms with van der Waals surface area (Å²) in [5.41, 5.74) is 0. The van der Waals surface area contributed by atoms with Gasteiger partial charge in [0.15, 0.2) is 0 Å². The van der Waals surface area contributed by atoms with Gasteiger partial charge >= 0.3 is 0 Å². The number of terminal acetylenes is 2. The summed E-state index contributed by atoms with van der Waals surface area (Å²) in [5, 5.41) is 0. The maximum absolute atomic E-state index is 5.31. The smallest absolute Gasteiger partial charge is 0.140 e. The molecule has 0 atom stereocenters. The Kier molecular flexibility index (Phi) is 4.71. The monoisotopic (exact) mass is 194 g/mol. The summed E-state index contributed by atoms with van der Waals surface area (Å²) in [6.45, 7) is 3.66. The van der Waals surface area contributed by atoms with Gasteiger partial charge in [-0.25, -0.2) is 0 Å². The predicted molar refractivity (Wildman–Crippen MR) is 61.4 cm³/mol. The van der Waals surface area contributed by atoms with E-state index in [2.05, 4.69) is 40.0 Å². The average molecular weight is 194 g/mol. The molecule has 0 unspecified atom stereocenters. The molecule has 0 aromatic rings. The zero-order chi connectivity index (χ0) is 11.2. The van der Waals surface area contributed by atoms with E-state index in [4.69, 9.17) is 12.8 Å². The molecule has 0 aromatic carbocycles. The Morgan fingerprint density at radius 3 is 1.29 bits per heavy atom. The van der Waals surface area contributed by atoms with Crippen LogP contribution < -0.4 is 0 Å². The summed E-state index contributed by atoms with van der Waals surface area (Å²) < 4.78 is 1.73. The second-order valence-corrected chi connectivity index (χ2v) is 5.04. The maximum Gasteiger partial charge on any atom is 0.140 e. The number of rotatable bonds is 5. The minimum Gasteiger partial charge on any atom is -0.314 e. The minimum absolute atomic E-state index is 0.774. The third-order valence-corrected chi connectivity index (χ3v) is 2.35. The quantitative estimate of drug-likeness (QED) is 0.439. The van der Waals surface area contributed by atoms with Gasteiger partial charge in [-0.15, -0.1) is 12.8 Å². The summed E-state index contributed by atoms with van der Waals surface area (Å²) in [7, 11) is 8.59. The van der Waals surface area contributed by atoms with Gasteiger partial charge in [0.2, 0.25) is 0 Å². The van der Waals surface area contributed by atoms with Crippen molar-refractivity contribution in [2.45, 2.75) is 0 Å². The predicted octanol–water partition coefficient (Wildman–Crippen LogP) is 0.406. The highest BCUT2D eigenvalue weighted by Crippen LogP contribution is 2.01. The minimum atomic E-state index is 0.774. The Labute approximate surface area is 88.7 Å². The molecule has 0 spiro atoms. The van der Waals surface area contributed by atoms with Gasteiger partial charge in [-0.05, 0) is 11.8 Å². The number of quaternary nitrogens is 2. The average Bonchev–Trinajstić information content (AvgIpc) is 2.01. The van der Waals surface area contributed by atoms with Gasteiger partial charge in [-0.2, -0.15) is 0 Å². The van der Waals surface area contributed by atoms with Crippen LogP contribution in [0.15, 0.2) is 0 Å². The van der Waals surface area contributed by atoms with E-state index in [0.717, 1.165) is 35.1 Å². The Balaban J connectivity index is 4.06. The first-order valence-electron chi connectivity index (χ1n) is 4.84. The molecule has 0 saturated heterocycles. The van der Waals surface area contributed by atoms with E-state index in [1.54, 1.807) is 0 Å². The van der Waals surface area contributed by atoms with E-state index in [-0.39, 0.29) is 0 Å². The first kappa shape index (κ1) is 13.0. The molecule has 2 heteroatoms. The third-order valence-electron chi connectivity index (χ3n) is 2.35. The summed E-state index contributed by atoms with van der Waals surface area (Å²) in [4.78, 5) is 0. The molecule has 0 aliphatic carbocycles. The molecule has 2 nitrogen and oxygen atoms in total. The van der Waals surface area contributed by atoms with Crippen molar-refractivity contribution in [2.24, 2.45) is 0 Å². The zero-order valence-electron chi connectivity index (χ0n) is 9.88. The van der Waals surface area contributed by atoms with E-state index in [9.17, 15) is 0 Å². The highest BCUT2D eigenvalue weighted by atomic mass is 15.4. The molecular formula is C12H22N2+2. The van der Waals surface area contributed by atoms with Crippen LogP contribution in [0.2, 0.25) is 0 Å². The number of hydrogen-bond donors (Lipinski definition) is 0. The summed E-state index contributed by atoms with van der Waals surface area (Å²) >= 11 is 0. The lowest BCUT2D eigenvalue weighted by atomic mass is 10.3. The Bertz CT molecular complexity index is 222. The molecule has 0 amide bonds. The van der Waals surface area contributed by atoms with Crippen LogP contribution in [0.5, 0.6) is 0 Å². The summed E-state index contributed by atoms with van der Waals surface area (Å²) in [6, 6.07) is 0. The molecule has 14 heavy (non-hydrogen) atoms. The van der Waals surface area contributed by atoms with E-state index in [1.165, 1.54) is 0 Å². The zero-order valence-corrected chi connectivity index (χ0v) is 9.88. The van der Waals surface area contributed by atoms with Crippen LogP contribution in [-0.2, 0) is 0 Å². The summed E-state index contributed by atoms with van der Waals surface area (Å²) in [5.74, 6) is 5.40. The molecule has 0 aliphatic rings. The van der Waals surface area contributed by atoms with Crippen LogP contribution in [0.4, 0.5) is 0 Å². The number of nitrogens with zero attached hydrogens (tertiary/aromatic N) is 2. The van der Waals surface area contributed by atoms with E-state index < -0.39 is 0 Å². The first-order chi connectivity index (χ1) is 6.33. The SMILES string of the molecule is C#CC[N+](C)(C)CC[N+](C)(C)CC#C. The molecule has 0 aliphatic heterocycles. The van der Waals surface area contributed by atoms with Gasteiger partial charge in [0.05, 0.1) is 28.2 Å². The molecule has 0 N–H and O–H groups in total. The van der Waals surface area contributed by atoms with E-state index >= 15 is 0 Å². The van der Waals surface area contributed by atoms with Crippen molar-refractivity contribution in [3.63, 3.8) is 0 Å². The van der Waals surface area contributed by atoms with Crippen molar-refractivity contribution >= 4 is 0 Å². The normalized spacial score (nSPS) is 11.9. The van der Waals surface area contributed by atoms with Crippen molar-refractivity contribution in [3.05, 3.63) is 0 Å². The molecule has 78 valence electrons. The number of likely N-dealkylation sites (N-methyl/N-ethyl adjacent to an activating group) is 2. The van der Waals surface area contributed by atoms with Crippen LogP contribution in [0, 0.1) is 24.7 Å². The Morgan fingerprint density at radius 2 is 1.07 bits per heavy atom. The number of hydrogen-bond acceptors (Lipinski definition) is 0. The van der Waals surface area contributed by atoms with Crippen LogP contribution in [0.25, 0.3) is 0 Å². The lowest BCUT2D eigenvalue weighted by Gasteiger charge is -2.33. The van der Waals surface area contributed by atoms with Gasteiger partial charge in [-0.3, -0.25) is 0 Å². The van der Waals surface area contributed by atoms with Crippen molar-refractivity contribution in [1.82, 2.24) is 0 Å². The Hall–Kier alpha value is -0.960. The fourth-order valence-electron chi connectivity index (χ4n) is 1.19. The highest BCUT2D eigenvalue weighted by molar-refractivity contribution is 4.84. The van der Waals surface area contributed by atoms with Gasteiger partial charge in [0.1, 0.15) is 26.2 Å². The first-order valence-corrected chi connectivity index (χ1v) is 4.84. The second kappa shape index (κ2) is 5.05. The topological polar surface area (TPSA) is 0 Å². The fourth-order valence-corrected chi connectivity index (χ4v) is 1.19. The molecule has 0 saturated carbocycles. The van der Waals surface area contributed by atoms with E-state index in [1.807, 2.05) is 0 Å². The lowest BCUT2D eigenvalue weighted by Crippen LogP contribution is -2.51. The molecular weight excluding hydrogens is 172 g/mol. The van der Waals surface area contributed by atoms with Gasteiger partial charge in [0, 0.05) is 0 Å². The van der Waals surface area contributed by atoms with E-state index in [0.29, 0.717) is 0 Å². The van der Waals surface area contributed by atoms with Crippen LogP contribution in [0.1, 0.15) is 0 Å². The van der Waals surface area contributed by atoms with Crippen LogP contribution >= 0.6 is 0 Å². The van der Waals surface area contributed by atoms with Crippen LogP contribution in [0.3, 0.4) is 0 Å². The third kappa shape index (κ3) is 5.65. The molecule has 0 bridgehead atoms. The fraction of sp³-hybridized carbons (Fsp3) is 0.667. The lowest BCUT2D eigenvalue weighted by molar-refractivity contribution is -0.939. The van der Waals surface area contributed by atoms with Gasteiger partial charge < -0.3 is 8.97 Å². The second-order valence-electron chi connectivity index (χ2n) is 5.04. The van der Waals surface area contributed by atoms with Crippen molar-refractivity contribution in [2.75, 3.05) is 54.4 Å².